The highest BCUT2D eigenvalue weighted by Crippen LogP contribution is 2.61. The highest BCUT2D eigenvalue weighted by molar-refractivity contribution is 6.08. The maximum atomic E-state index is 6.37. The van der Waals surface area contributed by atoms with Gasteiger partial charge in [0, 0.05) is 55.5 Å². The van der Waals surface area contributed by atoms with Gasteiger partial charge in [0.05, 0.1) is 16.5 Å². The van der Waals surface area contributed by atoms with Gasteiger partial charge < -0.3 is 18.6 Å². The summed E-state index contributed by atoms with van der Waals surface area (Å²) in [5.74, 6) is 0. The van der Waals surface area contributed by atoms with Gasteiger partial charge in [0.1, 0.15) is 22.3 Å². The Bertz CT molecular complexity index is 8960. The molecule has 25 aromatic rings. The molecule has 0 spiro atoms. The molecule has 0 bridgehead atoms. The summed E-state index contributed by atoms with van der Waals surface area (Å²) >= 11 is 0. The first-order valence-electron chi connectivity index (χ1n) is 48.9. The summed E-state index contributed by atoms with van der Waals surface area (Å²) in [5.41, 5.74) is 43.1. The van der Waals surface area contributed by atoms with Gasteiger partial charge in [-0.3, -0.25) is 0 Å². The summed E-state index contributed by atoms with van der Waals surface area (Å²) in [7, 11) is 0. The van der Waals surface area contributed by atoms with Crippen molar-refractivity contribution in [2.24, 2.45) is 0 Å². The van der Waals surface area contributed by atoms with Crippen molar-refractivity contribution in [3.8, 4) is 111 Å². The number of fused-ring (bicyclic) bond motifs is 13. The number of furan rings is 2. The molecule has 0 atom stereocenters. The van der Waals surface area contributed by atoms with Crippen LogP contribution in [0, 0.1) is 0 Å². The van der Waals surface area contributed by atoms with E-state index in [4.69, 9.17) is 8.83 Å². The zero-order chi connectivity index (χ0) is 94.0. The molecule has 2 aliphatic rings. The Morgan fingerprint density at radius 3 is 0.901 bits per heavy atom. The van der Waals surface area contributed by atoms with Crippen LogP contribution in [0.15, 0.2) is 567 Å². The van der Waals surface area contributed by atoms with E-state index in [1.165, 1.54) is 128 Å². The molecule has 0 unspecified atom stereocenters. The molecule has 23 aromatic carbocycles. The van der Waals surface area contributed by atoms with Gasteiger partial charge in [-0.2, -0.15) is 0 Å². The Balaban J connectivity index is 0.000000146. The predicted molar refractivity (Wildman–Crippen MR) is 592 cm³/mol. The van der Waals surface area contributed by atoms with E-state index in [1.54, 1.807) is 0 Å². The standard InChI is InChI=1S/C71H47NO.C67H45NO/c1-3-19-55(20-4-1)71(56-21-5-2-6-22-56)66-29-11-9-26-65(66)70-62(28-15-30-67(70)71)52-38-43-58(44-39-52)72(59-23-13-18-53(46-59)54-40-45-64-63-25-10-12-31-68(63)73-69(64)47-54)57-41-36-49(37-42-57)48-32-34-51(35-33-48)61-27-14-17-50-16-7-8-24-60(50)61;1-4-18-46(19-5-1)47-34-36-48(37-35-47)56-26-11-14-32-63(56)68(55-25-16-20-50(44-55)51-40-43-59-58-27-12-15-33-64(58)69-65(59)45-51)54-41-38-49(39-42-54)57-29-17-31-62-66(57)60-28-10-13-30-61(60)67(62,52-21-6-2-7-22-52)53-23-8-3-9-24-53/h1-47H;1-45H. The zero-order valence-electron chi connectivity index (χ0n) is 77.8. The van der Waals surface area contributed by atoms with E-state index in [2.05, 4.69) is 544 Å². The van der Waals surface area contributed by atoms with Crippen LogP contribution in [0.4, 0.5) is 34.1 Å². The number of rotatable bonds is 18. The smallest absolute Gasteiger partial charge is 0.136 e. The van der Waals surface area contributed by atoms with Crippen LogP contribution in [0.1, 0.15) is 44.5 Å². The van der Waals surface area contributed by atoms with E-state index in [9.17, 15) is 0 Å². The van der Waals surface area contributed by atoms with Crippen LogP contribution in [0.3, 0.4) is 0 Å². The third-order valence-corrected chi connectivity index (χ3v) is 29.4. The maximum Gasteiger partial charge on any atom is 0.136 e. The number of hydrogen-bond donors (Lipinski definition) is 0. The first-order valence-corrected chi connectivity index (χ1v) is 48.9. The van der Waals surface area contributed by atoms with Gasteiger partial charge in [0.15, 0.2) is 0 Å². The summed E-state index contributed by atoms with van der Waals surface area (Å²) in [6, 6.07) is 203. The largest absolute Gasteiger partial charge is 0.456 e. The lowest BCUT2D eigenvalue weighted by Crippen LogP contribution is -2.28. The molecule has 0 saturated carbocycles. The van der Waals surface area contributed by atoms with Gasteiger partial charge in [-0.25, -0.2) is 0 Å². The molecule has 2 aliphatic carbocycles. The molecular formula is C138H92N2O2. The third-order valence-electron chi connectivity index (χ3n) is 29.4. The van der Waals surface area contributed by atoms with E-state index in [0.29, 0.717) is 0 Å². The van der Waals surface area contributed by atoms with E-state index in [-0.39, 0.29) is 0 Å². The van der Waals surface area contributed by atoms with E-state index < -0.39 is 10.8 Å². The SMILES string of the molecule is c1ccc(-c2ccc(-c3ccccc3N(c3ccc(-c4cccc5c4-c4ccccc4C5(c4ccccc4)c4ccccc4)cc3)c3cccc(-c4ccc5c(c4)oc4ccccc45)c3)cc2)cc1.c1ccc(C2(c3ccccc3)c3ccccc3-c3c(-c4ccc(N(c5ccc(-c6ccc(-c7cccc8ccccc78)cc6)cc5)c5cccc(-c6ccc7c(c6)oc6ccccc67)c5)cc4)cccc32)cc1. The number of para-hydroxylation sites is 3. The maximum absolute atomic E-state index is 6.37. The second-order valence-corrected chi connectivity index (χ2v) is 37.1. The highest BCUT2D eigenvalue weighted by atomic mass is 16.3. The summed E-state index contributed by atoms with van der Waals surface area (Å²) < 4.78 is 12.7. The van der Waals surface area contributed by atoms with Crippen molar-refractivity contribution in [2.75, 3.05) is 9.80 Å². The summed E-state index contributed by atoms with van der Waals surface area (Å²) in [6.07, 6.45) is 0. The molecule has 0 radical (unpaired) electrons. The van der Waals surface area contributed by atoms with Gasteiger partial charge in [-0.1, -0.05) is 455 Å². The fourth-order valence-corrected chi connectivity index (χ4v) is 22.9. The molecule has 0 aliphatic heterocycles. The van der Waals surface area contributed by atoms with Crippen molar-refractivity contribution in [1.29, 1.82) is 0 Å². The highest BCUT2D eigenvalue weighted by Gasteiger charge is 2.49. The molecule has 2 aromatic heterocycles. The van der Waals surface area contributed by atoms with Crippen LogP contribution < -0.4 is 9.80 Å². The molecule has 0 fully saturated rings. The summed E-state index contributed by atoms with van der Waals surface area (Å²) in [5, 5.41) is 7.03. The first-order chi connectivity index (χ1) is 70.4. The Kier molecular flexibility index (Phi) is 21.1. The van der Waals surface area contributed by atoms with Crippen LogP contribution >= 0.6 is 0 Å². The minimum Gasteiger partial charge on any atom is -0.456 e. The second kappa shape index (κ2) is 35.6. The number of hydrogen-bond acceptors (Lipinski definition) is 4. The van der Waals surface area contributed by atoms with Crippen molar-refractivity contribution in [3.05, 3.63) is 603 Å². The molecule has 4 heteroatoms. The topological polar surface area (TPSA) is 32.8 Å². The van der Waals surface area contributed by atoms with Crippen LogP contribution in [-0.2, 0) is 10.8 Å². The molecule has 0 amide bonds. The minimum absolute atomic E-state index is 0.466. The monoisotopic (exact) mass is 1810 g/mol. The molecule has 27 rings (SSSR count). The summed E-state index contributed by atoms with van der Waals surface area (Å²) in [4.78, 5) is 4.79. The average molecular weight is 1810 g/mol. The lowest BCUT2D eigenvalue weighted by atomic mass is 9.67. The lowest BCUT2D eigenvalue weighted by molar-refractivity contribution is 0.668. The molecule has 0 N–H and O–H groups in total. The first kappa shape index (κ1) is 84.1. The van der Waals surface area contributed by atoms with Gasteiger partial charge in [-0.05, 0) is 264 Å². The predicted octanol–water partition coefficient (Wildman–Crippen LogP) is 37.3. The van der Waals surface area contributed by atoms with E-state index in [0.717, 1.165) is 117 Å². The fraction of sp³-hybridized carbons (Fsp3) is 0.0145. The van der Waals surface area contributed by atoms with Crippen LogP contribution in [0.2, 0.25) is 0 Å². The molecular weight excluding hydrogens is 1720 g/mol. The fourth-order valence-electron chi connectivity index (χ4n) is 22.9. The lowest BCUT2D eigenvalue weighted by Gasteiger charge is -2.34. The third kappa shape index (κ3) is 14.4. The molecule has 2 heterocycles. The number of nitrogens with zero attached hydrogens (tertiary/aromatic N) is 2. The number of anilines is 6. The summed E-state index contributed by atoms with van der Waals surface area (Å²) in [6.45, 7) is 0. The zero-order valence-corrected chi connectivity index (χ0v) is 77.8. The second-order valence-electron chi connectivity index (χ2n) is 37.1. The normalized spacial score (nSPS) is 12.5. The average Bonchev–Trinajstić information content (AvgIpc) is 1.53. The molecule has 142 heavy (non-hydrogen) atoms. The molecule has 4 nitrogen and oxygen atoms in total. The van der Waals surface area contributed by atoms with Gasteiger partial charge in [0.2, 0.25) is 0 Å². The van der Waals surface area contributed by atoms with Crippen molar-refractivity contribution >= 4 is 88.8 Å². The number of benzene rings is 23. The van der Waals surface area contributed by atoms with Crippen molar-refractivity contribution < 1.29 is 8.83 Å². The Labute approximate surface area is 826 Å². The van der Waals surface area contributed by atoms with Crippen molar-refractivity contribution in [3.63, 3.8) is 0 Å². The molecule has 666 valence electrons. The molecule has 0 saturated heterocycles. The quantitative estimate of drug-likeness (QED) is 0.0857. The Morgan fingerprint density at radius 1 is 0.148 bits per heavy atom. The van der Waals surface area contributed by atoms with E-state index in [1.807, 2.05) is 24.3 Å². The van der Waals surface area contributed by atoms with Gasteiger partial charge in [-0.15, -0.1) is 0 Å². The van der Waals surface area contributed by atoms with Crippen LogP contribution in [-0.4, -0.2) is 0 Å². The van der Waals surface area contributed by atoms with Gasteiger partial charge in [0.25, 0.3) is 0 Å². The van der Waals surface area contributed by atoms with Crippen molar-refractivity contribution in [2.45, 2.75) is 10.8 Å². The van der Waals surface area contributed by atoms with Crippen LogP contribution in [0.25, 0.3) is 166 Å². The van der Waals surface area contributed by atoms with Crippen LogP contribution in [0.5, 0.6) is 0 Å². The Hall–Kier alpha value is -18.5. The van der Waals surface area contributed by atoms with E-state index >= 15 is 0 Å². The van der Waals surface area contributed by atoms with Gasteiger partial charge >= 0.3 is 0 Å². The Morgan fingerprint density at radius 2 is 0.430 bits per heavy atom. The van der Waals surface area contributed by atoms with Crippen molar-refractivity contribution in [1.82, 2.24) is 0 Å². The minimum atomic E-state index is -0.468.